The molecular formula is C10H16N4OS. The predicted molar refractivity (Wildman–Crippen MR) is 67.5 cm³/mol. The third kappa shape index (κ3) is 2.45. The Balaban J connectivity index is 3.18. The lowest BCUT2D eigenvalue weighted by Crippen LogP contribution is -2.45. The highest BCUT2D eigenvalue weighted by molar-refractivity contribution is 7.80. The van der Waals surface area contributed by atoms with Crippen molar-refractivity contribution in [3.05, 3.63) is 17.8 Å². The van der Waals surface area contributed by atoms with Gasteiger partial charge in [-0.3, -0.25) is 0 Å². The lowest BCUT2D eigenvalue weighted by Gasteiger charge is -2.35. The first-order valence-corrected chi connectivity index (χ1v) is 5.27. The summed E-state index contributed by atoms with van der Waals surface area (Å²) in [4.78, 5) is 2.08. The summed E-state index contributed by atoms with van der Waals surface area (Å²) in [7, 11) is 1.82. The fraction of sp³-hybridized carbons (Fsp3) is 0.500. The van der Waals surface area contributed by atoms with Gasteiger partial charge in [-0.15, -0.1) is 5.10 Å². The second-order valence-electron chi connectivity index (χ2n) is 4.16. The van der Waals surface area contributed by atoms with E-state index in [4.69, 9.17) is 18.0 Å². The molecule has 0 radical (unpaired) electrons. The number of nitrogens with two attached hydrogens (primary N) is 1. The quantitative estimate of drug-likeness (QED) is 0.738. The van der Waals surface area contributed by atoms with Crippen molar-refractivity contribution in [3.8, 4) is 0 Å². The smallest absolute Gasteiger partial charge is 0.161 e. The molecule has 6 heteroatoms. The summed E-state index contributed by atoms with van der Waals surface area (Å²) in [5, 5.41) is 17.1. The van der Waals surface area contributed by atoms with E-state index in [-0.39, 0.29) is 11.6 Å². The van der Waals surface area contributed by atoms with Gasteiger partial charge in [0.1, 0.15) is 4.99 Å². The van der Waals surface area contributed by atoms with Crippen molar-refractivity contribution >= 4 is 23.0 Å². The maximum atomic E-state index is 9.30. The summed E-state index contributed by atoms with van der Waals surface area (Å²) in [5.41, 5.74) is 5.82. The highest BCUT2D eigenvalue weighted by Crippen LogP contribution is 2.22. The highest BCUT2D eigenvalue weighted by Gasteiger charge is 2.26. The average Bonchev–Trinajstić information content (AvgIpc) is 2.28. The minimum atomic E-state index is -0.449. The Morgan fingerprint density at radius 1 is 1.62 bits per heavy atom. The molecule has 1 aromatic rings. The van der Waals surface area contributed by atoms with E-state index in [9.17, 15) is 5.11 Å². The van der Waals surface area contributed by atoms with Gasteiger partial charge >= 0.3 is 0 Å². The standard InChI is InChI=1S/C10H16N4OS/c1-10(2,6-15)14(3)9-7(8(11)16)4-5-12-13-9/h4-5,15H,6H2,1-3H3,(H2,11,16). The molecule has 3 N–H and O–H groups in total. The summed E-state index contributed by atoms with van der Waals surface area (Å²) < 4.78 is 0. The van der Waals surface area contributed by atoms with E-state index in [1.54, 1.807) is 6.07 Å². The summed E-state index contributed by atoms with van der Waals surface area (Å²) in [6.07, 6.45) is 1.54. The molecule has 0 aliphatic carbocycles. The number of thiocarbonyl (C=S) groups is 1. The molecule has 0 aromatic carbocycles. The fourth-order valence-electron chi connectivity index (χ4n) is 1.16. The maximum absolute atomic E-state index is 9.30. The van der Waals surface area contributed by atoms with Crippen LogP contribution in [-0.2, 0) is 0 Å². The first-order valence-electron chi connectivity index (χ1n) is 4.86. The molecule has 0 bridgehead atoms. The van der Waals surface area contributed by atoms with E-state index in [1.807, 2.05) is 25.8 Å². The number of likely N-dealkylation sites (N-methyl/N-ethyl adjacent to an activating group) is 1. The van der Waals surface area contributed by atoms with Crippen LogP contribution >= 0.6 is 12.2 Å². The van der Waals surface area contributed by atoms with Gasteiger partial charge in [-0.1, -0.05) is 12.2 Å². The Morgan fingerprint density at radius 3 is 2.75 bits per heavy atom. The number of aliphatic hydroxyl groups excluding tert-OH is 1. The van der Waals surface area contributed by atoms with Crippen molar-refractivity contribution in [2.75, 3.05) is 18.6 Å². The largest absolute Gasteiger partial charge is 0.394 e. The number of anilines is 1. The molecule has 1 rings (SSSR count). The summed E-state index contributed by atoms with van der Waals surface area (Å²) in [6, 6.07) is 1.72. The van der Waals surface area contributed by atoms with Crippen LogP contribution in [-0.4, -0.2) is 39.5 Å². The first kappa shape index (κ1) is 12.8. The predicted octanol–water partition coefficient (Wildman–Crippen LogP) is 0.318. The van der Waals surface area contributed by atoms with Gasteiger partial charge in [0.05, 0.1) is 23.9 Å². The molecule has 0 atom stereocenters. The third-order valence-electron chi connectivity index (χ3n) is 2.58. The van der Waals surface area contributed by atoms with Crippen molar-refractivity contribution in [3.63, 3.8) is 0 Å². The molecule has 0 amide bonds. The lowest BCUT2D eigenvalue weighted by molar-refractivity contribution is 0.215. The second-order valence-corrected chi connectivity index (χ2v) is 4.60. The second kappa shape index (κ2) is 4.71. The van der Waals surface area contributed by atoms with Crippen molar-refractivity contribution in [1.29, 1.82) is 0 Å². The van der Waals surface area contributed by atoms with Crippen LogP contribution in [0.5, 0.6) is 0 Å². The topological polar surface area (TPSA) is 75.3 Å². The van der Waals surface area contributed by atoms with Gasteiger partial charge in [0, 0.05) is 7.05 Å². The number of rotatable bonds is 4. The molecule has 0 aliphatic heterocycles. The van der Waals surface area contributed by atoms with Gasteiger partial charge in [0.15, 0.2) is 5.82 Å². The fourth-order valence-corrected chi connectivity index (χ4v) is 1.32. The van der Waals surface area contributed by atoms with Crippen LogP contribution in [0.15, 0.2) is 12.3 Å². The zero-order chi connectivity index (χ0) is 12.3. The van der Waals surface area contributed by atoms with Crippen molar-refractivity contribution in [2.45, 2.75) is 19.4 Å². The number of nitrogens with zero attached hydrogens (tertiary/aromatic N) is 3. The molecule has 0 saturated heterocycles. The van der Waals surface area contributed by atoms with Crippen molar-refractivity contribution in [2.24, 2.45) is 5.73 Å². The molecule has 0 fully saturated rings. The van der Waals surface area contributed by atoms with E-state index < -0.39 is 5.54 Å². The Labute approximate surface area is 100 Å². The van der Waals surface area contributed by atoms with E-state index >= 15 is 0 Å². The van der Waals surface area contributed by atoms with Crippen LogP contribution in [0, 0.1) is 0 Å². The number of hydrogen-bond donors (Lipinski definition) is 2. The Hall–Kier alpha value is -1.27. The minimum Gasteiger partial charge on any atom is -0.394 e. The molecule has 0 aliphatic rings. The molecule has 0 saturated carbocycles. The van der Waals surface area contributed by atoms with Crippen LogP contribution in [0.2, 0.25) is 0 Å². The van der Waals surface area contributed by atoms with Crippen LogP contribution in [0.1, 0.15) is 19.4 Å². The maximum Gasteiger partial charge on any atom is 0.161 e. The average molecular weight is 240 g/mol. The van der Waals surface area contributed by atoms with Gasteiger partial charge in [-0.2, -0.15) is 5.10 Å². The molecule has 88 valence electrons. The Bertz CT molecular complexity index is 394. The van der Waals surface area contributed by atoms with Gasteiger partial charge in [-0.25, -0.2) is 0 Å². The van der Waals surface area contributed by atoms with Gasteiger partial charge in [0.25, 0.3) is 0 Å². The monoisotopic (exact) mass is 240 g/mol. The zero-order valence-electron chi connectivity index (χ0n) is 9.64. The zero-order valence-corrected chi connectivity index (χ0v) is 10.5. The molecule has 1 aromatic heterocycles. The molecule has 0 unspecified atom stereocenters. The number of aromatic nitrogens is 2. The summed E-state index contributed by atoms with van der Waals surface area (Å²) in [5.74, 6) is 0.578. The Kier molecular flexibility index (Phi) is 3.77. The molecule has 16 heavy (non-hydrogen) atoms. The van der Waals surface area contributed by atoms with Crippen molar-refractivity contribution in [1.82, 2.24) is 10.2 Å². The lowest BCUT2D eigenvalue weighted by atomic mass is 10.0. The van der Waals surface area contributed by atoms with E-state index in [2.05, 4.69) is 10.2 Å². The highest BCUT2D eigenvalue weighted by atomic mass is 32.1. The van der Waals surface area contributed by atoms with E-state index in [0.717, 1.165) is 0 Å². The summed E-state index contributed by atoms with van der Waals surface area (Å²) >= 11 is 4.95. The molecule has 0 spiro atoms. The molecule has 5 nitrogen and oxygen atoms in total. The SMILES string of the molecule is CN(c1nnccc1C(N)=S)C(C)(C)CO. The van der Waals surface area contributed by atoms with Gasteiger partial charge in [-0.05, 0) is 19.9 Å². The third-order valence-corrected chi connectivity index (χ3v) is 2.80. The number of aliphatic hydroxyl groups is 1. The molecular weight excluding hydrogens is 224 g/mol. The van der Waals surface area contributed by atoms with Crippen LogP contribution in [0.25, 0.3) is 0 Å². The summed E-state index contributed by atoms with van der Waals surface area (Å²) in [6.45, 7) is 3.78. The van der Waals surface area contributed by atoms with E-state index in [0.29, 0.717) is 11.4 Å². The van der Waals surface area contributed by atoms with Gasteiger partial charge < -0.3 is 15.7 Å². The van der Waals surface area contributed by atoms with Crippen LogP contribution in [0.3, 0.4) is 0 Å². The normalized spacial score (nSPS) is 11.2. The van der Waals surface area contributed by atoms with Gasteiger partial charge in [0.2, 0.25) is 0 Å². The number of hydrogen-bond acceptors (Lipinski definition) is 5. The van der Waals surface area contributed by atoms with E-state index in [1.165, 1.54) is 6.20 Å². The van der Waals surface area contributed by atoms with Crippen molar-refractivity contribution < 1.29 is 5.11 Å². The van der Waals surface area contributed by atoms with Crippen LogP contribution < -0.4 is 10.6 Å². The van der Waals surface area contributed by atoms with Crippen LogP contribution in [0.4, 0.5) is 5.82 Å². The molecule has 1 heterocycles. The minimum absolute atomic E-state index is 0.00313. The first-order chi connectivity index (χ1) is 7.40. The Morgan fingerprint density at radius 2 is 2.25 bits per heavy atom.